The van der Waals surface area contributed by atoms with Gasteiger partial charge in [0.25, 0.3) is 11.5 Å². The topological polar surface area (TPSA) is 87.2 Å². The lowest BCUT2D eigenvalue weighted by atomic mass is 10.0. The van der Waals surface area contributed by atoms with E-state index in [-0.39, 0.29) is 17.0 Å². The Bertz CT molecular complexity index is 1200. The van der Waals surface area contributed by atoms with Crippen LogP contribution >= 0.6 is 0 Å². The molecule has 0 spiro atoms. The van der Waals surface area contributed by atoms with Gasteiger partial charge in [-0.05, 0) is 44.0 Å². The zero-order chi connectivity index (χ0) is 21.3. The zero-order valence-electron chi connectivity index (χ0n) is 17.3. The summed E-state index contributed by atoms with van der Waals surface area (Å²) >= 11 is 0. The molecule has 0 saturated carbocycles. The van der Waals surface area contributed by atoms with Crippen molar-refractivity contribution < 1.29 is 4.79 Å². The first-order chi connectivity index (χ1) is 14.4. The first-order valence-electron chi connectivity index (χ1n) is 10.2. The molecule has 1 aromatic heterocycles. The van der Waals surface area contributed by atoms with Crippen molar-refractivity contribution >= 4 is 16.8 Å². The molecular formula is C23H26N4O3. The number of benzene rings is 2. The number of nitrogens with one attached hydrogen (secondary N) is 2. The molecule has 1 fully saturated rings. The fraction of sp³-hybridized carbons (Fsp3) is 0.348. The lowest BCUT2D eigenvalue weighted by Crippen LogP contribution is -2.47. The summed E-state index contributed by atoms with van der Waals surface area (Å²) in [5.74, 6) is -0.207. The highest BCUT2D eigenvalue weighted by atomic mass is 16.2. The number of carbonyl (C=O) groups excluding carboxylic acids is 1. The van der Waals surface area contributed by atoms with E-state index in [1.807, 2.05) is 18.2 Å². The summed E-state index contributed by atoms with van der Waals surface area (Å²) in [6.45, 7) is 6.62. The largest absolute Gasteiger partial charge is 0.346 e. The molecule has 1 unspecified atom stereocenters. The number of hydrogen-bond acceptors (Lipinski definition) is 4. The van der Waals surface area contributed by atoms with Crippen molar-refractivity contribution in [3.63, 3.8) is 0 Å². The highest BCUT2D eigenvalue weighted by molar-refractivity contribution is 5.98. The maximum Gasteiger partial charge on any atom is 0.328 e. The third kappa shape index (κ3) is 3.93. The van der Waals surface area contributed by atoms with E-state index in [1.54, 1.807) is 25.1 Å². The second-order valence-electron chi connectivity index (χ2n) is 8.20. The zero-order valence-corrected chi connectivity index (χ0v) is 17.3. The molecule has 2 N–H and O–H groups in total. The van der Waals surface area contributed by atoms with Gasteiger partial charge in [-0.2, -0.15) is 0 Å². The Hall–Kier alpha value is -3.19. The second-order valence-corrected chi connectivity index (χ2v) is 8.20. The van der Waals surface area contributed by atoms with Gasteiger partial charge in [0.1, 0.15) is 0 Å². The molecule has 0 aliphatic carbocycles. The van der Waals surface area contributed by atoms with Gasteiger partial charge < -0.3 is 10.3 Å². The summed E-state index contributed by atoms with van der Waals surface area (Å²) in [5, 5.41) is 3.55. The Kier molecular flexibility index (Phi) is 5.30. The summed E-state index contributed by atoms with van der Waals surface area (Å²) in [6, 6.07) is 15.1. The van der Waals surface area contributed by atoms with Crippen LogP contribution < -0.4 is 16.6 Å². The normalized spacial score (nSPS) is 19.3. The summed E-state index contributed by atoms with van der Waals surface area (Å²) in [5.41, 5.74) is 0.915. The number of carbonyl (C=O) groups is 1. The van der Waals surface area contributed by atoms with Crippen LogP contribution in [0.2, 0.25) is 0 Å². The Labute approximate surface area is 174 Å². The Morgan fingerprint density at radius 1 is 1.17 bits per heavy atom. The van der Waals surface area contributed by atoms with Crippen LogP contribution in [0.25, 0.3) is 10.9 Å². The molecule has 1 saturated heterocycles. The Morgan fingerprint density at radius 3 is 2.67 bits per heavy atom. The fourth-order valence-electron chi connectivity index (χ4n) is 4.16. The summed E-state index contributed by atoms with van der Waals surface area (Å²) in [4.78, 5) is 42.4. The van der Waals surface area contributed by atoms with Crippen LogP contribution in [0.5, 0.6) is 0 Å². The van der Waals surface area contributed by atoms with Gasteiger partial charge >= 0.3 is 5.69 Å². The molecule has 1 amide bonds. The average Bonchev–Trinajstić information content (AvgIpc) is 3.08. The Balaban J connectivity index is 1.50. The van der Waals surface area contributed by atoms with Gasteiger partial charge in [0, 0.05) is 31.7 Å². The fourth-order valence-corrected chi connectivity index (χ4v) is 4.16. The molecule has 156 valence electrons. The molecule has 1 aliphatic rings. The van der Waals surface area contributed by atoms with Crippen molar-refractivity contribution in [2.24, 2.45) is 0 Å². The molecule has 7 nitrogen and oxygen atoms in total. The molecule has 7 heteroatoms. The highest BCUT2D eigenvalue weighted by Gasteiger charge is 2.35. The van der Waals surface area contributed by atoms with E-state index in [0.717, 1.165) is 30.6 Å². The lowest BCUT2D eigenvalue weighted by Gasteiger charge is -2.26. The number of rotatable bonds is 5. The summed E-state index contributed by atoms with van der Waals surface area (Å²) in [7, 11) is 0. The van der Waals surface area contributed by atoms with E-state index in [9.17, 15) is 14.4 Å². The maximum atomic E-state index is 12.9. The SMILES string of the molecule is CCn1c(=O)[nH]c2cc(C(=O)NC3(C)CCN(Cc4ccccc4)C3)ccc2c1=O. The van der Waals surface area contributed by atoms with Gasteiger partial charge in [0.2, 0.25) is 0 Å². The number of hydrogen-bond donors (Lipinski definition) is 2. The quantitative estimate of drug-likeness (QED) is 0.679. The van der Waals surface area contributed by atoms with Gasteiger partial charge in [-0.25, -0.2) is 4.79 Å². The van der Waals surface area contributed by atoms with Crippen LogP contribution in [0.15, 0.2) is 58.1 Å². The van der Waals surface area contributed by atoms with Crippen LogP contribution in [-0.4, -0.2) is 39.0 Å². The standard InChI is InChI=1S/C23H26N4O3/c1-3-27-21(29)18-10-9-17(13-19(18)24-22(27)30)20(28)25-23(2)11-12-26(15-23)14-16-7-5-4-6-8-16/h4-10,13H,3,11-12,14-15H2,1-2H3,(H,24,30)(H,25,28). The first kappa shape index (κ1) is 20.1. The molecular weight excluding hydrogens is 380 g/mol. The monoisotopic (exact) mass is 406 g/mol. The van der Waals surface area contributed by atoms with Crippen LogP contribution in [0.1, 0.15) is 36.2 Å². The molecule has 1 atom stereocenters. The van der Waals surface area contributed by atoms with E-state index in [4.69, 9.17) is 0 Å². The smallest absolute Gasteiger partial charge is 0.328 e. The maximum absolute atomic E-state index is 12.9. The van der Waals surface area contributed by atoms with Crippen LogP contribution in [0.4, 0.5) is 0 Å². The summed E-state index contributed by atoms with van der Waals surface area (Å²) < 4.78 is 1.14. The van der Waals surface area contributed by atoms with Crippen molar-refractivity contribution in [3.8, 4) is 0 Å². The predicted molar refractivity (Wildman–Crippen MR) is 117 cm³/mol. The van der Waals surface area contributed by atoms with E-state index < -0.39 is 5.69 Å². The number of likely N-dealkylation sites (tertiary alicyclic amines) is 1. The van der Waals surface area contributed by atoms with E-state index in [0.29, 0.717) is 23.0 Å². The third-order valence-corrected chi connectivity index (χ3v) is 5.78. The summed E-state index contributed by atoms with van der Waals surface area (Å²) in [6.07, 6.45) is 0.858. The van der Waals surface area contributed by atoms with Gasteiger partial charge in [0.05, 0.1) is 16.4 Å². The lowest BCUT2D eigenvalue weighted by molar-refractivity contribution is 0.0907. The van der Waals surface area contributed by atoms with Gasteiger partial charge in [-0.3, -0.25) is 19.1 Å². The number of aromatic amines is 1. The van der Waals surface area contributed by atoms with Crippen molar-refractivity contribution in [2.45, 2.75) is 38.9 Å². The molecule has 0 radical (unpaired) electrons. The molecule has 0 bridgehead atoms. The van der Waals surface area contributed by atoms with Crippen molar-refractivity contribution in [1.29, 1.82) is 0 Å². The van der Waals surface area contributed by atoms with Gasteiger partial charge in [-0.1, -0.05) is 30.3 Å². The molecule has 1 aliphatic heterocycles. The van der Waals surface area contributed by atoms with Crippen LogP contribution in [-0.2, 0) is 13.1 Å². The molecule has 2 aromatic carbocycles. The molecule has 3 aromatic rings. The molecule has 30 heavy (non-hydrogen) atoms. The first-order valence-corrected chi connectivity index (χ1v) is 10.2. The minimum absolute atomic E-state index is 0.207. The van der Waals surface area contributed by atoms with Crippen LogP contribution in [0.3, 0.4) is 0 Å². The average molecular weight is 406 g/mol. The van der Waals surface area contributed by atoms with Crippen molar-refractivity contribution in [2.75, 3.05) is 13.1 Å². The number of H-pyrrole nitrogens is 1. The number of amides is 1. The minimum Gasteiger partial charge on any atom is -0.346 e. The van der Waals surface area contributed by atoms with Crippen molar-refractivity contribution in [3.05, 3.63) is 80.5 Å². The third-order valence-electron chi connectivity index (χ3n) is 5.78. The van der Waals surface area contributed by atoms with Crippen molar-refractivity contribution in [1.82, 2.24) is 19.8 Å². The van der Waals surface area contributed by atoms with Crippen LogP contribution in [0, 0.1) is 0 Å². The van der Waals surface area contributed by atoms with Gasteiger partial charge in [-0.15, -0.1) is 0 Å². The molecule has 2 heterocycles. The number of fused-ring (bicyclic) bond motifs is 1. The number of aromatic nitrogens is 2. The Morgan fingerprint density at radius 2 is 1.93 bits per heavy atom. The van der Waals surface area contributed by atoms with E-state index in [2.05, 4.69) is 34.3 Å². The van der Waals surface area contributed by atoms with E-state index >= 15 is 0 Å². The van der Waals surface area contributed by atoms with E-state index in [1.165, 1.54) is 5.56 Å². The van der Waals surface area contributed by atoms with Gasteiger partial charge in [0.15, 0.2) is 0 Å². The minimum atomic E-state index is -0.466. The number of nitrogens with zero attached hydrogens (tertiary/aromatic N) is 2. The highest BCUT2D eigenvalue weighted by Crippen LogP contribution is 2.23. The predicted octanol–water partition coefficient (Wildman–Crippen LogP) is 2.10. The second kappa shape index (κ2) is 7.91. The molecule has 4 rings (SSSR count).